The van der Waals surface area contributed by atoms with E-state index in [1.165, 1.54) is 17.0 Å². The van der Waals surface area contributed by atoms with E-state index in [4.69, 9.17) is 0 Å². The Balaban J connectivity index is 1.73. The molecule has 6 nitrogen and oxygen atoms in total. The van der Waals surface area contributed by atoms with E-state index in [1.54, 1.807) is 17.0 Å². The Morgan fingerprint density at radius 2 is 1.77 bits per heavy atom. The van der Waals surface area contributed by atoms with Crippen molar-refractivity contribution in [2.75, 3.05) is 32.7 Å². The van der Waals surface area contributed by atoms with Crippen molar-refractivity contribution in [2.24, 2.45) is 0 Å². The molecule has 2 rings (SSSR count). The molecule has 7 heteroatoms. The van der Waals surface area contributed by atoms with Crippen molar-refractivity contribution >= 4 is 18.2 Å². The fourth-order valence-corrected chi connectivity index (χ4v) is 2.22. The third-order valence-electron chi connectivity index (χ3n) is 3.56. The van der Waals surface area contributed by atoms with E-state index in [9.17, 15) is 18.8 Å². The van der Waals surface area contributed by atoms with E-state index in [-0.39, 0.29) is 5.82 Å². The molecule has 1 aromatic rings. The highest BCUT2D eigenvalue weighted by atomic mass is 19.1. The SMILES string of the molecule is O=CN1CCN(C(=O)C(=O)NCCc2ccc(F)cc2)CC1. The quantitative estimate of drug-likeness (QED) is 0.618. The molecule has 3 amide bonds. The van der Waals surface area contributed by atoms with Gasteiger partial charge in [0, 0.05) is 32.7 Å². The zero-order chi connectivity index (χ0) is 15.9. The van der Waals surface area contributed by atoms with Gasteiger partial charge in [0.2, 0.25) is 6.41 Å². The fraction of sp³-hybridized carbons (Fsp3) is 0.400. The summed E-state index contributed by atoms with van der Waals surface area (Å²) in [5.74, 6) is -1.54. The van der Waals surface area contributed by atoms with Crippen molar-refractivity contribution in [3.8, 4) is 0 Å². The second-order valence-electron chi connectivity index (χ2n) is 5.07. The first-order valence-electron chi connectivity index (χ1n) is 7.11. The number of nitrogens with zero attached hydrogens (tertiary/aromatic N) is 2. The van der Waals surface area contributed by atoms with Crippen molar-refractivity contribution in [1.82, 2.24) is 15.1 Å². The molecular formula is C15H18FN3O3. The van der Waals surface area contributed by atoms with Crippen LogP contribution in [-0.2, 0) is 20.8 Å². The molecule has 0 atom stereocenters. The average Bonchev–Trinajstić information content (AvgIpc) is 2.56. The van der Waals surface area contributed by atoms with E-state index in [0.29, 0.717) is 39.1 Å². The van der Waals surface area contributed by atoms with Crippen molar-refractivity contribution in [3.63, 3.8) is 0 Å². The molecule has 1 aromatic carbocycles. The lowest BCUT2D eigenvalue weighted by Gasteiger charge is -2.31. The van der Waals surface area contributed by atoms with Gasteiger partial charge in [0.25, 0.3) is 0 Å². The van der Waals surface area contributed by atoms with Crippen LogP contribution in [0.25, 0.3) is 0 Å². The summed E-state index contributed by atoms with van der Waals surface area (Å²) in [5, 5.41) is 2.56. The van der Waals surface area contributed by atoms with Crippen LogP contribution in [0.2, 0.25) is 0 Å². The predicted octanol–water partition coefficient (Wildman–Crippen LogP) is -0.215. The number of hydrogen-bond acceptors (Lipinski definition) is 3. The maximum Gasteiger partial charge on any atom is 0.312 e. The Kier molecular flexibility index (Phi) is 5.46. The number of nitrogens with one attached hydrogen (secondary N) is 1. The van der Waals surface area contributed by atoms with Crippen LogP contribution in [0.15, 0.2) is 24.3 Å². The number of carbonyl (C=O) groups excluding carboxylic acids is 3. The molecule has 1 N–H and O–H groups in total. The Hall–Kier alpha value is -2.44. The fourth-order valence-electron chi connectivity index (χ4n) is 2.22. The summed E-state index contributed by atoms with van der Waals surface area (Å²) >= 11 is 0. The molecule has 118 valence electrons. The molecule has 0 aliphatic carbocycles. The van der Waals surface area contributed by atoms with Crippen LogP contribution < -0.4 is 5.32 Å². The Morgan fingerprint density at radius 1 is 1.14 bits per heavy atom. The van der Waals surface area contributed by atoms with E-state index < -0.39 is 11.8 Å². The minimum atomic E-state index is -0.651. The highest BCUT2D eigenvalue weighted by molar-refractivity contribution is 6.35. The third kappa shape index (κ3) is 4.28. The Morgan fingerprint density at radius 3 is 2.36 bits per heavy atom. The van der Waals surface area contributed by atoms with Gasteiger partial charge in [-0.15, -0.1) is 0 Å². The van der Waals surface area contributed by atoms with Gasteiger partial charge in [0.1, 0.15) is 5.82 Å². The summed E-state index contributed by atoms with van der Waals surface area (Å²) in [5.41, 5.74) is 0.883. The van der Waals surface area contributed by atoms with Gasteiger partial charge in [0.05, 0.1) is 0 Å². The van der Waals surface area contributed by atoms with Gasteiger partial charge in [-0.25, -0.2) is 4.39 Å². The summed E-state index contributed by atoms with van der Waals surface area (Å²) in [4.78, 5) is 37.3. The van der Waals surface area contributed by atoms with Gasteiger partial charge in [-0.3, -0.25) is 14.4 Å². The summed E-state index contributed by atoms with van der Waals surface area (Å²) in [6.45, 7) is 1.92. The molecule has 0 bridgehead atoms. The monoisotopic (exact) mass is 307 g/mol. The first kappa shape index (κ1) is 15.9. The molecule has 1 saturated heterocycles. The number of benzene rings is 1. The smallest absolute Gasteiger partial charge is 0.312 e. The van der Waals surface area contributed by atoms with Crippen molar-refractivity contribution in [3.05, 3.63) is 35.6 Å². The van der Waals surface area contributed by atoms with Gasteiger partial charge in [-0.1, -0.05) is 12.1 Å². The number of halogens is 1. The van der Waals surface area contributed by atoms with Gasteiger partial charge in [0.15, 0.2) is 0 Å². The normalized spacial score (nSPS) is 14.6. The number of hydrogen-bond donors (Lipinski definition) is 1. The van der Waals surface area contributed by atoms with Crippen LogP contribution >= 0.6 is 0 Å². The molecule has 0 unspecified atom stereocenters. The second-order valence-corrected chi connectivity index (χ2v) is 5.07. The molecule has 1 fully saturated rings. The van der Waals surface area contributed by atoms with E-state index in [1.807, 2.05) is 0 Å². The molecule has 1 aliphatic heterocycles. The van der Waals surface area contributed by atoms with Crippen molar-refractivity contribution in [2.45, 2.75) is 6.42 Å². The standard InChI is InChI=1S/C15H18FN3O3/c16-13-3-1-12(2-4-13)5-6-17-14(21)15(22)19-9-7-18(11-20)8-10-19/h1-4,11H,5-10H2,(H,17,21). The van der Waals surface area contributed by atoms with Gasteiger partial charge < -0.3 is 15.1 Å². The largest absolute Gasteiger partial charge is 0.347 e. The Labute approximate surface area is 127 Å². The molecule has 0 spiro atoms. The maximum atomic E-state index is 12.8. The van der Waals surface area contributed by atoms with Gasteiger partial charge in [-0.2, -0.15) is 0 Å². The molecular weight excluding hydrogens is 289 g/mol. The van der Waals surface area contributed by atoms with E-state index in [2.05, 4.69) is 5.32 Å². The summed E-state index contributed by atoms with van der Waals surface area (Å²) < 4.78 is 12.8. The van der Waals surface area contributed by atoms with Crippen LogP contribution in [0, 0.1) is 5.82 Å². The van der Waals surface area contributed by atoms with Crippen LogP contribution in [0.3, 0.4) is 0 Å². The minimum Gasteiger partial charge on any atom is -0.347 e. The van der Waals surface area contributed by atoms with Crippen molar-refractivity contribution in [1.29, 1.82) is 0 Å². The minimum absolute atomic E-state index is 0.308. The molecule has 0 aromatic heterocycles. The van der Waals surface area contributed by atoms with Crippen LogP contribution in [0.1, 0.15) is 5.56 Å². The lowest BCUT2D eigenvalue weighted by molar-refractivity contribution is -0.147. The summed E-state index contributed by atoms with van der Waals surface area (Å²) in [6.07, 6.45) is 1.27. The number of piperazine rings is 1. The number of rotatable bonds is 4. The zero-order valence-corrected chi connectivity index (χ0v) is 12.1. The summed E-state index contributed by atoms with van der Waals surface area (Å²) in [7, 11) is 0. The lowest BCUT2D eigenvalue weighted by Crippen LogP contribution is -2.52. The molecule has 22 heavy (non-hydrogen) atoms. The number of amides is 3. The Bertz CT molecular complexity index is 539. The average molecular weight is 307 g/mol. The zero-order valence-electron chi connectivity index (χ0n) is 12.1. The molecule has 1 aliphatic rings. The second kappa shape index (κ2) is 7.53. The van der Waals surface area contributed by atoms with Gasteiger partial charge in [-0.05, 0) is 24.1 Å². The van der Waals surface area contributed by atoms with Crippen LogP contribution in [-0.4, -0.2) is 60.7 Å². The third-order valence-corrected chi connectivity index (χ3v) is 3.56. The molecule has 1 heterocycles. The molecule has 0 saturated carbocycles. The first-order chi connectivity index (χ1) is 10.6. The van der Waals surface area contributed by atoms with Gasteiger partial charge >= 0.3 is 11.8 Å². The topological polar surface area (TPSA) is 69.7 Å². The lowest BCUT2D eigenvalue weighted by atomic mass is 10.1. The highest BCUT2D eigenvalue weighted by Gasteiger charge is 2.25. The maximum absolute atomic E-state index is 12.8. The number of carbonyl (C=O) groups is 3. The highest BCUT2D eigenvalue weighted by Crippen LogP contribution is 2.03. The molecule has 0 radical (unpaired) electrons. The van der Waals surface area contributed by atoms with Crippen molar-refractivity contribution < 1.29 is 18.8 Å². The van der Waals surface area contributed by atoms with E-state index in [0.717, 1.165) is 12.0 Å². The first-order valence-corrected chi connectivity index (χ1v) is 7.11. The van der Waals surface area contributed by atoms with Crippen LogP contribution in [0.4, 0.5) is 4.39 Å². The van der Waals surface area contributed by atoms with Crippen LogP contribution in [0.5, 0.6) is 0 Å². The predicted molar refractivity (Wildman–Crippen MR) is 77.3 cm³/mol. The van der Waals surface area contributed by atoms with E-state index >= 15 is 0 Å². The summed E-state index contributed by atoms with van der Waals surface area (Å²) in [6, 6.07) is 5.99.